The summed E-state index contributed by atoms with van der Waals surface area (Å²) in [6.07, 6.45) is 46.0. The Morgan fingerprint density at radius 2 is 1.10 bits per heavy atom. The highest BCUT2D eigenvalue weighted by Crippen LogP contribution is 2.17. The monoisotopic (exact) mass is 716 g/mol. The Kier molecular flexibility index (Phi) is 37.5. The van der Waals surface area contributed by atoms with E-state index in [1.807, 2.05) is 0 Å². The maximum absolute atomic E-state index is 10.8. The van der Waals surface area contributed by atoms with Gasteiger partial charge in [-0.05, 0) is 89.6 Å². The number of nitrogens with two attached hydrogens (primary N) is 1. The predicted molar refractivity (Wildman–Crippen MR) is 227 cm³/mol. The molecule has 0 fully saturated rings. The molecule has 5 nitrogen and oxygen atoms in total. The third kappa shape index (κ3) is 33.1. The molecule has 0 aliphatic rings. The second kappa shape index (κ2) is 38.5. The maximum atomic E-state index is 10.8. The highest BCUT2D eigenvalue weighted by Gasteiger charge is 2.19. The molecule has 0 saturated carbocycles. The van der Waals surface area contributed by atoms with E-state index in [9.17, 15) is 10.2 Å². The zero-order valence-corrected chi connectivity index (χ0v) is 34.8. The molecule has 0 rings (SSSR count). The first-order valence-electron chi connectivity index (χ1n) is 22.1. The van der Waals surface area contributed by atoms with Crippen LogP contribution in [-0.2, 0) is 0 Å². The average molecular weight is 716 g/mol. The molecular weight excluding hydrogens is 627 g/mol. The van der Waals surface area contributed by atoms with Crippen LogP contribution < -0.4 is 5.73 Å². The summed E-state index contributed by atoms with van der Waals surface area (Å²) in [4.78, 5) is 4.98. The summed E-state index contributed by atoms with van der Waals surface area (Å²) in [5.41, 5.74) is 5.84. The van der Waals surface area contributed by atoms with Gasteiger partial charge < -0.3 is 20.8 Å². The highest BCUT2D eigenvalue weighted by molar-refractivity contribution is 5.00. The van der Waals surface area contributed by atoms with Gasteiger partial charge in [0.1, 0.15) is 0 Å². The molecule has 0 aromatic heterocycles. The fourth-order valence-corrected chi connectivity index (χ4v) is 6.81. The van der Waals surface area contributed by atoms with Crippen molar-refractivity contribution in [3.8, 4) is 0 Å². The molecule has 0 aromatic carbocycles. The smallest absolute Gasteiger partial charge is 0.0789 e. The van der Waals surface area contributed by atoms with E-state index >= 15 is 0 Å². The number of hydrogen-bond acceptors (Lipinski definition) is 5. The minimum atomic E-state index is -0.473. The van der Waals surface area contributed by atoms with Gasteiger partial charge in [0, 0.05) is 32.2 Å². The Morgan fingerprint density at radius 3 is 1.76 bits per heavy atom. The first kappa shape index (κ1) is 49.8. The number of allylic oxidation sites excluding steroid dienone is 7. The van der Waals surface area contributed by atoms with E-state index in [1.54, 1.807) is 0 Å². The highest BCUT2D eigenvalue weighted by atomic mass is 16.3. The summed E-state index contributed by atoms with van der Waals surface area (Å²) in [6, 6.07) is 0.352. The van der Waals surface area contributed by atoms with E-state index in [0.29, 0.717) is 25.0 Å². The molecule has 0 bridgehead atoms. The molecule has 0 aliphatic carbocycles. The van der Waals surface area contributed by atoms with Crippen molar-refractivity contribution in [2.75, 3.05) is 39.3 Å². The molecule has 4 N–H and O–H groups in total. The normalized spacial score (nSPS) is 15.1. The summed E-state index contributed by atoms with van der Waals surface area (Å²) in [7, 11) is 0. The maximum Gasteiger partial charge on any atom is 0.0789 e. The molecule has 51 heavy (non-hydrogen) atoms. The van der Waals surface area contributed by atoms with Crippen LogP contribution in [0.5, 0.6) is 0 Å². The molecule has 0 amide bonds. The van der Waals surface area contributed by atoms with Gasteiger partial charge in [0.2, 0.25) is 0 Å². The van der Waals surface area contributed by atoms with Crippen LogP contribution in [0.2, 0.25) is 0 Å². The van der Waals surface area contributed by atoms with Crippen LogP contribution in [0, 0.1) is 5.92 Å². The second-order valence-corrected chi connectivity index (χ2v) is 15.3. The van der Waals surface area contributed by atoms with Crippen LogP contribution in [0.4, 0.5) is 0 Å². The van der Waals surface area contributed by atoms with Crippen molar-refractivity contribution in [3.05, 3.63) is 48.6 Å². The van der Waals surface area contributed by atoms with Gasteiger partial charge in [-0.15, -0.1) is 0 Å². The Hall–Kier alpha value is -1.24. The number of aliphatic hydroxyl groups is 2. The van der Waals surface area contributed by atoms with Crippen molar-refractivity contribution in [3.63, 3.8) is 0 Å². The first-order valence-corrected chi connectivity index (χ1v) is 22.1. The standard InChI is InChI=1S/C46H89N3O2/c1-6-10-12-14-15-16-17-18-19-20-21-22-23-24-26-31-37-48(41-46(51)40-47)38-32-39-49(42-45(50)9-4)44(35-29-25-13-11-7-2)36-30-27-28-34-43(5)33-8-3/h15-16,18-19,28,30,34,36,43-46,50-51H,6-14,17,20-27,29,31-33,35,37-42,47H2,1-5H3/b16-15-,19-18-,34-28-,36-30-. The van der Waals surface area contributed by atoms with Crippen LogP contribution in [0.15, 0.2) is 48.6 Å². The summed E-state index contributed by atoms with van der Waals surface area (Å²) in [5.74, 6) is 0.643. The van der Waals surface area contributed by atoms with Crippen LogP contribution >= 0.6 is 0 Å². The Bertz CT molecular complexity index is 825. The number of unbranched alkanes of at least 4 members (excludes halogenated alkanes) is 13. The molecule has 300 valence electrons. The minimum absolute atomic E-state index is 0.302. The Balaban J connectivity index is 4.93. The largest absolute Gasteiger partial charge is 0.392 e. The lowest BCUT2D eigenvalue weighted by Crippen LogP contribution is -2.42. The summed E-state index contributed by atoms with van der Waals surface area (Å²) < 4.78 is 0. The van der Waals surface area contributed by atoms with Crippen LogP contribution in [0.1, 0.15) is 182 Å². The van der Waals surface area contributed by atoms with E-state index in [0.717, 1.165) is 58.3 Å². The molecule has 0 spiro atoms. The van der Waals surface area contributed by atoms with Crippen molar-refractivity contribution in [1.82, 2.24) is 9.80 Å². The Labute approximate surface area is 319 Å². The predicted octanol–water partition coefficient (Wildman–Crippen LogP) is 11.6. The van der Waals surface area contributed by atoms with Crippen molar-refractivity contribution in [2.24, 2.45) is 11.7 Å². The van der Waals surface area contributed by atoms with E-state index in [-0.39, 0.29) is 6.10 Å². The topological polar surface area (TPSA) is 73.0 Å². The zero-order valence-electron chi connectivity index (χ0n) is 34.8. The number of aliphatic hydroxyl groups excluding tert-OH is 2. The fourth-order valence-electron chi connectivity index (χ4n) is 6.81. The summed E-state index contributed by atoms with van der Waals surface area (Å²) in [5, 5.41) is 21.2. The van der Waals surface area contributed by atoms with E-state index in [1.165, 1.54) is 116 Å². The number of hydrogen-bond donors (Lipinski definition) is 3. The number of nitrogens with zero attached hydrogens (tertiary/aromatic N) is 2. The van der Waals surface area contributed by atoms with Gasteiger partial charge >= 0.3 is 0 Å². The molecule has 4 atom stereocenters. The summed E-state index contributed by atoms with van der Waals surface area (Å²) >= 11 is 0. The molecule has 0 saturated heterocycles. The van der Waals surface area contributed by atoms with Gasteiger partial charge in [0.15, 0.2) is 0 Å². The van der Waals surface area contributed by atoms with Crippen LogP contribution in [-0.4, -0.2) is 77.5 Å². The van der Waals surface area contributed by atoms with E-state index in [4.69, 9.17) is 5.73 Å². The molecule has 0 aromatic rings. The van der Waals surface area contributed by atoms with Crippen molar-refractivity contribution >= 4 is 0 Å². The van der Waals surface area contributed by atoms with Gasteiger partial charge in [-0.2, -0.15) is 0 Å². The zero-order chi connectivity index (χ0) is 37.6. The third-order valence-corrected chi connectivity index (χ3v) is 10.2. The lowest BCUT2D eigenvalue weighted by molar-refractivity contribution is 0.0836. The van der Waals surface area contributed by atoms with Gasteiger partial charge in [-0.1, -0.05) is 160 Å². The lowest BCUT2D eigenvalue weighted by atomic mass is 10.0. The van der Waals surface area contributed by atoms with Crippen LogP contribution in [0.25, 0.3) is 0 Å². The average Bonchev–Trinajstić information content (AvgIpc) is 3.12. The minimum Gasteiger partial charge on any atom is -0.392 e. The quantitative estimate of drug-likeness (QED) is 0.0438. The van der Waals surface area contributed by atoms with Crippen molar-refractivity contribution in [1.29, 1.82) is 0 Å². The Morgan fingerprint density at radius 1 is 0.529 bits per heavy atom. The van der Waals surface area contributed by atoms with Gasteiger partial charge in [0.05, 0.1) is 12.2 Å². The van der Waals surface area contributed by atoms with Crippen LogP contribution in [0.3, 0.4) is 0 Å². The SMILES string of the molecule is CCCCC/C=C\C/C=C\CCCCCCCCN(CCCN(CC(O)CC)C(/C=C\C/C=C\C(C)CCC)CCCCCCC)CC(O)CN. The van der Waals surface area contributed by atoms with Gasteiger partial charge in [-0.25, -0.2) is 0 Å². The first-order chi connectivity index (χ1) is 24.9. The molecule has 5 heteroatoms. The van der Waals surface area contributed by atoms with E-state index < -0.39 is 6.10 Å². The summed E-state index contributed by atoms with van der Waals surface area (Å²) in [6.45, 7) is 15.8. The molecule has 0 aliphatic heterocycles. The van der Waals surface area contributed by atoms with Crippen molar-refractivity contribution in [2.45, 2.75) is 201 Å². The number of rotatable bonds is 38. The van der Waals surface area contributed by atoms with Gasteiger partial charge in [0.25, 0.3) is 0 Å². The lowest BCUT2D eigenvalue weighted by Gasteiger charge is -2.33. The molecule has 0 radical (unpaired) electrons. The molecule has 4 unspecified atom stereocenters. The third-order valence-electron chi connectivity index (χ3n) is 10.2. The van der Waals surface area contributed by atoms with Gasteiger partial charge in [-0.3, -0.25) is 4.90 Å². The fraction of sp³-hybridized carbons (Fsp3) is 0.826. The van der Waals surface area contributed by atoms with Crippen molar-refractivity contribution < 1.29 is 10.2 Å². The molecule has 0 heterocycles. The second-order valence-electron chi connectivity index (χ2n) is 15.3. The molecular formula is C46H89N3O2. The van der Waals surface area contributed by atoms with E-state index in [2.05, 4.69) is 93.0 Å².